The Labute approximate surface area is 146 Å². The molecule has 0 spiro atoms. The highest BCUT2D eigenvalue weighted by Gasteiger charge is 2.28. The first kappa shape index (κ1) is 16.4. The molecule has 0 aliphatic carbocycles. The Morgan fingerprint density at radius 2 is 1.44 bits per heavy atom. The first-order chi connectivity index (χ1) is 12.2. The SMILES string of the molecule is FC(F)C[C@H](c1c2ccccc2cc2ccccc12)N1CCNCC1. The van der Waals surface area contributed by atoms with Gasteiger partial charge in [-0.05, 0) is 33.2 Å². The van der Waals surface area contributed by atoms with Crippen LogP contribution in [0.3, 0.4) is 0 Å². The van der Waals surface area contributed by atoms with Crippen LogP contribution in [0.4, 0.5) is 8.78 Å². The molecule has 1 heterocycles. The van der Waals surface area contributed by atoms with E-state index >= 15 is 0 Å². The fourth-order valence-corrected chi connectivity index (χ4v) is 4.02. The molecule has 3 aromatic rings. The van der Waals surface area contributed by atoms with Gasteiger partial charge in [0.1, 0.15) is 0 Å². The predicted molar refractivity (Wildman–Crippen MR) is 99.3 cm³/mol. The normalized spacial score (nSPS) is 17.4. The minimum Gasteiger partial charge on any atom is -0.314 e. The van der Waals surface area contributed by atoms with E-state index in [0.29, 0.717) is 0 Å². The summed E-state index contributed by atoms with van der Waals surface area (Å²) in [4.78, 5) is 2.22. The Morgan fingerprint density at radius 1 is 0.880 bits per heavy atom. The molecule has 1 atom stereocenters. The summed E-state index contributed by atoms with van der Waals surface area (Å²) >= 11 is 0. The molecule has 0 radical (unpaired) electrons. The average Bonchev–Trinajstić information content (AvgIpc) is 2.65. The summed E-state index contributed by atoms with van der Waals surface area (Å²) in [6.45, 7) is 3.30. The van der Waals surface area contributed by atoms with Gasteiger partial charge >= 0.3 is 0 Å². The van der Waals surface area contributed by atoms with E-state index in [-0.39, 0.29) is 12.5 Å². The van der Waals surface area contributed by atoms with Crippen LogP contribution in [0.25, 0.3) is 21.5 Å². The lowest BCUT2D eigenvalue weighted by atomic mass is 9.90. The molecular weight excluding hydrogens is 318 g/mol. The van der Waals surface area contributed by atoms with Gasteiger partial charge in [0.2, 0.25) is 6.43 Å². The van der Waals surface area contributed by atoms with Gasteiger partial charge in [-0.1, -0.05) is 48.5 Å². The molecule has 4 rings (SSSR count). The van der Waals surface area contributed by atoms with Gasteiger partial charge in [0.15, 0.2) is 0 Å². The van der Waals surface area contributed by atoms with Crippen LogP contribution in [-0.4, -0.2) is 37.5 Å². The Balaban J connectivity index is 1.95. The quantitative estimate of drug-likeness (QED) is 0.699. The van der Waals surface area contributed by atoms with Crippen LogP contribution in [0.5, 0.6) is 0 Å². The molecule has 25 heavy (non-hydrogen) atoms. The van der Waals surface area contributed by atoms with Crippen LogP contribution < -0.4 is 5.32 Å². The third kappa shape index (κ3) is 3.24. The minimum absolute atomic E-state index is 0.127. The highest BCUT2D eigenvalue weighted by Crippen LogP contribution is 2.38. The van der Waals surface area contributed by atoms with Crippen molar-refractivity contribution in [1.29, 1.82) is 0 Å². The summed E-state index contributed by atoms with van der Waals surface area (Å²) in [6.07, 6.45) is -2.45. The van der Waals surface area contributed by atoms with E-state index in [2.05, 4.69) is 40.5 Å². The van der Waals surface area contributed by atoms with E-state index < -0.39 is 6.43 Å². The van der Waals surface area contributed by atoms with Gasteiger partial charge in [-0.3, -0.25) is 4.90 Å². The van der Waals surface area contributed by atoms with E-state index in [0.717, 1.165) is 53.3 Å². The number of halogens is 2. The van der Waals surface area contributed by atoms with Crippen molar-refractivity contribution in [3.63, 3.8) is 0 Å². The van der Waals surface area contributed by atoms with E-state index in [1.807, 2.05) is 24.3 Å². The number of hydrogen-bond donors (Lipinski definition) is 1. The molecule has 1 aliphatic heterocycles. The maximum absolute atomic E-state index is 13.5. The molecule has 3 aromatic carbocycles. The number of fused-ring (bicyclic) bond motifs is 2. The van der Waals surface area contributed by atoms with Crippen molar-refractivity contribution < 1.29 is 8.78 Å². The maximum atomic E-state index is 13.5. The zero-order valence-electron chi connectivity index (χ0n) is 14.1. The van der Waals surface area contributed by atoms with Crippen LogP contribution in [0, 0.1) is 0 Å². The van der Waals surface area contributed by atoms with Crippen molar-refractivity contribution in [2.24, 2.45) is 0 Å². The third-order valence-corrected chi connectivity index (χ3v) is 5.14. The van der Waals surface area contributed by atoms with E-state index in [1.54, 1.807) is 0 Å². The molecule has 0 bridgehead atoms. The smallest absolute Gasteiger partial charge is 0.240 e. The molecule has 1 N–H and O–H groups in total. The van der Waals surface area contributed by atoms with Crippen LogP contribution in [0.15, 0.2) is 54.6 Å². The second-order valence-corrected chi connectivity index (χ2v) is 6.66. The molecule has 0 aromatic heterocycles. The molecule has 0 amide bonds. The summed E-state index contributed by atoms with van der Waals surface area (Å²) in [6, 6.07) is 18.2. The van der Waals surface area contributed by atoms with E-state index in [9.17, 15) is 8.78 Å². The molecular formula is C21H22F2N2. The average molecular weight is 340 g/mol. The molecule has 1 saturated heterocycles. The fraction of sp³-hybridized carbons (Fsp3) is 0.333. The highest BCUT2D eigenvalue weighted by atomic mass is 19.3. The van der Waals surface area contributed by atoms with Gasteiger partial charge in [0.25, 0.3) is 0 Å². The standard InChI is InChI=1S/C21H22F2N2/c22-20(23)14-19(25-11-9-24-10-12-25)21-17-7-3-1-5-15(17)13-16-6-2-4-8-18(16)21/h1-8,13,19-20,24H,9-12,14H2/t19-/m1/s1. The largest absolute Gasteiger partial charge is 0.314 e. The molecule has 0 saturated carbocycles. The molecule has 4 heteroatoms. The number of hydrogen-bond acceptors (Lipinski definition) is 2. The van der Waals surface area contributed by atoms with Crippen LogP contribution >= 0.6 is 0 Å². The van der Waals surface area contributed by atoms with Gasteiger partial charge in [0.05, 0.1) is 0 Å². The van der Waals surface area contributed by atoms with E-state index in [1.165, 1.54) is 0 Å². The Hall–Kier alpha value is -2.04. The lowest BCUT2D eigenvalue weighted by Gasteiger charge is -2.36. The Morgan fingerprint density at radius 3 is 2.00 bits per heavy atom. The molecule has 1 fully saturated rings. The third-order valence-electron chi connectivity index (χ3n) is 5.14. The number of benzene rings is 3. The highest BCUT2D eigenvalue weighted by molar-refractivity contribution is 6.02. The number of nitrogens with zero attached hydrogens (tertiary/aromatic N) is 1. The summed E-state index contributed by atoms with van der Waals surface area (Å²) in [5.41, 5.74) is 1.05. The van der Waals surface area contributed by atoms with Gasteiger partial charge < -0.3 is 5.32 Å². The molecule has 0 unspecified atom stereocenters. The Bertz CT molecular complexity index is 818. The maximum Gasteiger partial charge on any atom is 0.240 e. The predicted octanol–water partition coefficient (Wildman–Crippen LogP) is 4.59. The molecule has 130 valence electrons. The van der Waals surface area contributed by atoms with Crippen LogP contribution in [0.1, 0.15) is 18.0 Å². The van der Waals surface area contributed by atoms with Gasteiger partial charge in [0, 0.05) is 38.6 Å². The van der Waals surface area contributed by atoms with Crippen molar-refractivity contribution in [3.05, 3.63) is 60.2 Å². The van der Waals surface area contributed by atoms with E-state index in [4.69, 9.17) is 0 Å². The number of nitrogens with one attached hydrogen (secondary N) is 1. The van der Waals surface area contributed by atoms with Crippen molar-refractivity contribution >= 4 is 21.5 Å². The summed E-state index contributed by atoms with van der Waals surface area (Å²) in [5, 5.41) is 7.73. The van der Waals surface area contributed by atoms with Gasteiger partial charge in [-0.15, -0.1) is 0 Å². The van der Waals surface area contributed by atoms with Crippen LogP contribution in [0.2, 0.25) is 0 Å². The Kier molecular flexibility index (Phi) is 4.64. The lowest BCUT2D eigenvalue weighted by Crippen LogP contribution is -2.45. The zero-order chi connectivity index (χ0) is 17.2. The molecule has 1 aliphatic rings. The lowest BCUT2D eigenvalue weighted by molar-refractivity contribution is 0.0750. The van der Waals surface area contributed by atoms with Crippen LogP contribution in [-0.2, 0) is 0 Å². The van der Waals surface area contributed by atoms with Gasteiger partial charge in [-0.25, -0.2) is 8.78 Å². The van der Waals surface area contributed by atoms with Crippen molar-refractivity contribution in [2.45, 2.75) is 18.9 Å². The van der Waals surface area contributed by atoms with Gasteiger partial charge in [-0.2, -0.15) is 0 Å². The topological polar surface area (TPSA) is 15.3 Å². The first-order valence-electron chi connectivity index (χ1n) is 8.87. The van der Waals surface area contributed by atoms with Crippen molar-refractivity contribution in [3.8, 4) is 0 Å². The second-order valence-electron chi connectivity index (χ2n) is 6.66. The second kappa shape index (κ2) is 7.06. The number of alkyl halides is 2. The number of piperazine rings is 1. The van der Waals surface area contributed by atoms with Crippen molar-refractivity contribution in [1.82, 2.24) is 10.2 Å². The summed E-state index contributed by atoms with van der Waals surface area (Å²) in [7, 11) is 0. The summed E-state index contributed by atoms with van der Waals surface area (Å²) < 4.78 is 27.0. The van der Waals surface area contributed by atoms with Crippen molar-refractivity contribution in [2.75, 3.05) is 26.2 Å². The monoisotopic (exact) mass is 340 g/mol. The number of rotatable bonds is 4. The summed E-state index contributed by atoms with van der Waals surface area (Å²) in [5.74, 6) is 0. The minimum atomic E-state index is -2.32. The zero-order valence-corrected chi connectivity index (χ0v) is 14.1. The fourth-order valence-electron chi connectivity index (χ4n) is 4.02. The molecule has 2 nitrogen and oxygen atoms in total. The first-order valence-corrected chi connectivity index (χ1v) is 8.87.